The zero-order valence-electron chi connectivity index (χ0n) is 10.9. The van der Waals surface area contributed by atoms with E-state index < -0.39 is 12.0 Å². The fourth-order valence-electron chi connectivity index (χ4n) is 3.03. The van der Waals surface area contributed by atoms with Crippen LogP contribution in [0.15, 0.2) is 12.2 Å². The van der Waals surface area contributed by atoms with Gasteiger partial charge in [-0.05, 0) is 30.6 Å². The molecular formula is C14H21NO3. The van der Waals surface area contributed by atoms with Crippen molar-refractivity contribution in [2.24, 2.45) is 23.7 Å². The van der Waals surface area contributed by atoms with Gasteiger partial charge in [-0.2, -0.15) is 0 Å². The molecule has 2 N–H and O–H groups in total. The molecule has 5 atom stereocenters. The van der Waals surface area contributed by atoms with E-state index in [2.05, 4.69) is 17.5 Å². The maximum atomic E-state index is 12.2. The average molecular weight is 251 g/mol. The van der Waals surface area contributed by atoms with Crippen LogP contribution in [-0.4, -0.2) is 23.0 Å². The van der Waals surface area contributed by atoms with Crippen molar-refractivity contribution >= 4 is 11.9 Å². The zero-order valence-corrected chi connectivity index (χ0v) is 10.9. The van der Waals surface area contributed by atoms with Crippen molar-refractivity contribution in [3.05, 3.63) is 12.2 Å². The molecule has 2 aliphatic rings. The van der Waals surface area contributed by atoms with Crippen molar-refractivity contribution in [2.75, 3.05) is 0 Å². The fourth-order valence-corrected chi connectivity index (χ4v) is 3.03. The molecule has 4 heteroatoms. The predicted octanol–water partition coefficient (Wildman–Crippen LogP) is 1.81. The zero-order chi connectivity index (χ0) is 13.3. The highest BCUT2D eigenvalue weighted by Gasteiger charge is 2.41. The molecular weight excluding hydrogens is 230 g/mol. The lowest BCUT2D eigenvalue weighted by molar-refractivity contribution is -0.144. The fraction of sp³-hybridized carbons (Fsp3) is 0.714. The smallest absolute Gasteiger partial charge is 0.326 e. The van der Waals surface area contributed by atoms with E-state index in [9.17, 15) is 9.59 Å². The normalized spacial score (nSPS) is 32.2. The van der Waals surface area contributed by atoms with E-state index in [0.717, 1.165) is 19.3 Å². The van der Waals surface area contributed by atoms with Crippen molar-refractivity contribution in [1.29, 1.82) is 0 Å². The highest BCUT2D eigenvalue weighted by molar-refractivity contribution is 5.85. The molecule has 2 bridgehead atoms. The van der Waals surface area contributed by atoms with E-state index in [1.807, 2.05) is 13.8 Å². The molecule has 0 heterocycles. The van der Waals surface area contributed by atoms with Gasteiger partial charge in [0.1, 0.15) is 6.04 Å². The molecule has 0 aromatic heterocycles. The third kappa shape index (κ3) is 2.42. The second-order valence-corrected chi connectivity index (χ2v) is 5.60. The summed E-state index contributed by atoms with van der Waals surface area (Å²) in [5.41, 5.74) is 0. The molecule has 0 radical (unpaired) electrons. The maximum Gasteiger partial charge on any atom is 0.326 e. The number of fused-ring (bicyclic) bond motifs is 2. The Bertz CT molecular complexity index is 377. The summed E-state index contributed by atoms with van der Waals surface area (Å²) in [5, 5.41) is 11.9. The van der Waals surface area contributed by atoms with Crippen molar-refractivity contribution in [2.45, 2.75) is 39.2 Å². The number of hydrogen-bond acceptors (Lipinski definition) is 2. The van der Waals surface area contributed by atoms with Crippen molar-refractivity contribution in [3.63, 3.8) is 0 Å². The topological polar surface area (TPSA) is 66.4 Å². The Balaban J connectivity index is 1.97. The van der Waals surface area contributed by atoms with Gasteiger partial charge >= 0.3 is 5.97 Å². The first-order valence-electron chi connectivity index (χ1n) is 6.74. The van der Waals surface area contributed by atoms with Crippen molar-refractivity contribution in [3.8, 4) is 0 Å². The summed E-state index contributed by atoms with van der Waals surface area (Å²) < 4.78 is 0. The van der Waals surface area contributed by atoms with Crippen LogP contribution in [0.5, 0.6) is 0 Å². The Labute approximate surface area is 107 Å². The van der Waals surface area contributed by atoms with Crippen LogP contribution in [0, 0.1) is 23.7 Å². The van der Waals surface area contributed by atoms with Gasteiger partial charge in [0.2, 0.25) is 5.91 Å². The summed E-state index contributed by atoms with van der Waals surface area (Å²) in [5.74, 6) is -0.235. The van der Waals surface area contributed by atoms with Gasteiger partial charge in [-0.1, -0.05) is 32.4 Å². The van der Waals surface area contributed by atoms with Crippen LogP contribution in [-0.2, 0) is 9.59 Å². The number of carboxylic acids is 1. The third-order valence-corrected chi connectivity index (χ3v) is 4.39. The van der Waals surface area contributed by atoms with Crippen LogP contribution < -0.4 is 5.32 Å². The number of aliphatic carboxylic acids is 1. The summed E-state index contributed by atoms with van der Waals surface area (Å²) in [6.45, 7) is 3.80. The molecule has 4 unspecified atom stereocenters. The van der Waals surface area contributed by atoms with Gasteiger partial charge < -0.3 is 10.4 Å². The lowest BCUT2D eigenvalue weighted by Gasteiger charge is -2.24. The number of allylic oxidation sites excluding steroid dienone is 2. The van der Waals surface area contributed by atoms with Gasteiger partial charge in [-0.3, -0.25) is 4.79 Å². The molecule has 1 amide bonds. The average Bonchev–Trinajstić information content (AvgIpc) is 2.96. The molecule has 2 rings (SSSR count). The maximum absolute atomic E-state index is 12.2. The van der Waals surface area contributed by atoms with Gasteiger partial charge in [0.15, 0.2) is 0 Å². The monoisotopic (exact) mass is 251 g/mol. The molecule has 4 nitrogen and oxygen atoms in total. The first-order chi connectivity index (χ1) is 8.52. The number of carbonyl (C=O) groups excluding carboxylic acids is 1. The van der Waals surface area contributed by atoms with Gasteiger partial charge in [-0.25, -0.2) is 4.79 Å². The van der Waals surface area contributed by atoms with E-state index in [0.29, 0.717) is 11.8 Å². The summed E-state index contributed by atoms with van der Waals surface area (Å²) in [4.78, 5) is 23.3. The summed E-state index contributed by atoms with van der Waals surface area (Å²) in [6, 6.07) is -0.759. The first-order valence-corrected chi connectivity index (χ1v) is 6.74. The van der Waals surface area contributed by atoms with Crippen molar-refractivity contribution in [1.82, 2.24) is 5.32 Å². The third-order valence-electron chi connectivity index (χ3n) is 4.39. The molecule has 0 aliphatic heterocycles. The van der Waals surface area contributed by atoms with E-state index in [-0.39, 0.29) is 17.7 Å². The molecule has 18 heavy (non-hydrogen) atoms. The number of amides is 1. The number of carbonyl (C=O) groups is 2. The summed E-state index contributed by atoms with van der Waals surface area (Å²) >= 11 is 0. The predicted molar refractivity (Wildman–Crippen MR) is 67.9 cm³/mol. The van der Waals surface area contributed by atoms with E-state index >= 15 is 0 Å². The molecule has 1 fully saturated rings. The van der Waals surface area contributed by atoms with E-state index in [4.69, 9.17) is 5.11 Å². The van der Waals surface area contributed by atoms with Crippen LogP contribution in [0.3, 0.4) is 0 Å². The molecule has 1 saturated carbocycles. The minimum atomic E-state index is -0.934. The lowest BCUT2D eigenvalue weighted by Crippen LogP contribution is -2.47. The SMILES string of the molecule is CCC(C)[C@H](NC(=O)C1CC2C=CC1C2)C(=O)O. The van der Waals surface area contributed by atoms with Crippen LogP contribution in [0.4, 0.5) is 0 Å². The highest BCUT2D eigenvalue weighted by Crippen LogP contribution is 2.43. The Kier molecular flexibility index (Phi) is 3.73. The Morgan fingerprint density at radius 3 is 2.56 bits per heavy atom. The molecule has 0 saturated heterocycles. The summed E-state index contributed by atoms with van der Waals surface area (Å²) in [7, 11) is 0. The number of hydrogen-bond donors (Lipinski definition) is 2. The largest absolute Gasteiger partial charge is 0.480 e. The molecule has 2 aliphatic carbocycles. The molecule has 0 aromatic carbocycles. The van der Waals surface area contributed by atoms with Gasteiger partial charge in [0.05, 0.1) is 0 Å². The van der Waals surface area contributed by atoms with Crippen LogP contribution >= 0.6 is 0 Å². The first kappa shape index (κ1) is 13.1. The van der Waals surface area contributed by atoms with Crippen LogP contribution in [0.2, 0.25) is 0 Å². The second-order valence-electron chi connectivity index (χ2n) is 5.60. The minimum Gasteiger partial charge on any atom is -0.480 e. The number of nitrogens with one attached hydrogen (secondary N) is 1. The Morgan fingerprint density at radius 1 is 1.39 bits per heavy atom. The van der Waals surface area contributed by atoms with Crippen LogP contribution in [0.25, 0.3) is 0 Å². The lowest BCUT2D eigenvalue weighted by atomic mass is 9.91. The van der Waals surface area contributed by atoms with Crippen LogP contribution in [0.1, 0.15) is 33.1 Å². The molecule has 0 aromatic rings. The molecule has 100 valence electrons. The number of carboxylic acid groups (broad SMARTS) is 1. The molecule has 0 spiro atoms. The Hall–Kier alpha value is -1.32. The van der Waals surface area contributed by atoms with Gasteiger partial charge in [0.25, 0.3) is 0 Å². The van der Waals surface area contributed by atoms with Crippen molar-refractivity contribution < 1.29 is 14.7 Å². The standard InChI is InChI=1S/C14H21NO3/c1-3-8(2)12(14(17)18)15-13(16)11-7-9-4-5-10(11)6-9/h4-5,8-12H,3,6-7H2,1-2H3,(H,15,16)(H,17,18)/t8?,9?,10?,11?,12-/m0/s1. The Morgan fingerprint density at radius 2 is 2.11 bits per heavy atom. The number of rotatable bonds is 5. The van der Waals surface area contributed by atoms with Gasteiger partial charge in [-0.15, -0.1) is 0 Å². The van der Waals surface area contributed by atoms with E-state index in [1.54, 1.807) is 0 Å². The highest BCUT2D eigenvalue weighted by atomic mass is 16.4. The minimum absolute atomic E-state index is 0.0223. The van der Waals surface area contributed by atoms with Gasteiger partial charge in [0, 0.05) is 5.92 Å². The van der Waals surface area contributed by atoms with E-state index in [1.165, 1.54) is 0 Å². The quantitative estimate of drug-likeness (QED) is 0.732. The second kappa shape index (κ2) is 5.12. The summed E-state index contributed by atoms with van der Waals surface area (Å²) in [6.07, 6.45) is 6.96.